The zero-order valence-electron chi connectivity index (χ0n) is 13.1. The summed E-state index contributed by atoms with van der Waals surface area (Å²) in [7, 11) is 0. The van der Waals surface area contributed by atoms with Gasteiger partial charge in [-0.15, -0.1) is 0 Å². The zero-order valence-corrected chi connectivity index (χ0v) is 13.8. The van der Waals surface area contributed by atoms with Gasteiger partial charge >= 0.3 is 6.18 Å². The molecule has 0 saturated carbocycles. The maximum Gasteiger partial charge on any atom is 0.408 e. The van der Waals surface area contributed by atoms with Crippen LogP contribution in [-0.2, 0) is 0 Å². The number of anilines is 1. The minimum absolute atomic E-state index is 0.0482. The van der Waals surface area contributed by atoms with Gasteiger partial charge < -0.3 is 5.32 Å². The van der Waals surface area contributed by atoms with E-state index in [2.05, 4.69) is 20.4 Å². The van der Waals surface area contributed by atoms with E-state index in [-0.39, 0.29) is 33.4 Å². The molecular weight excluding hydrogens is 362 g/mol. The summed E-state index contributed by atoms with van der Waals surface area (Å²) in [5.41, 5.74) is 0.310. The molecule has 1 unspecified atom stereocenters. The molecule has 2 heterocycles. The lowest BCUT2D eigenvalue weighted by molar-refractivity contribution is -0.138. The van der Waals surface area contributed by atoms with Gasteiger partial charge in [-0.2, -0.15) is 27.8 Å². The minimum atomic E-state index is -4.51. The van der Waals surface area contributed by atoms with Crippen LogP contribution in [0.3, 0.4) is 0 Å². The van der Waals surface area contributed by atoms with E-state index >= 15 is 0 Å². The Labute approximate surface area is 144 Å². The van der Waals surface area contributed by atoms with E-state index in [1.54, 1.807) is 0 Å². The van der Waals surface area contributed by atoms with Gasteiger partial charge in [-0.05, 0) is 26.0 Å². The van der Waals surface area contributed by atoms with E-state index in [9.17, 15) is 17.6 Å². The van der Waals surface area contributed by atoms with Gasteiger partial charge in [-0.1, -0.05) is 17.7 Å². The molecule has 132 valence electrons. The Morgan fingerprint density at radius 2 is 1.96 bits per heavy atom. The third kappa shape index (κ3) is 3.11. The fraction of sp³-hybridized carbons (Fsp3) is 0.267. The van der Waals surface area contributed by atoms with Crippen molar-refractivity contribution in [3.05, 3.63) is 41.1 Å². The number of alkyl halides is 3. The fourth-order valence-corrected chi connectivity index (χ4v) is 2.67. The molecule has 25 heavy (non-hydrogen) atoms. The van der Waals surface area contributed by atoms with Gasteiger partial charge in [0.1, 0.15) is 24.0 Å². The molecule has 0 aliphatic heterocycles. The van der Waals surface area contributed by atoms with Crippen molar-refractivity contribution in [2.24, 2.45) is 0 Å². The topological polar surface area (TPSA) is 55.1 Å². The first kappa shape index (κ1) is 17.4. The summed E-state index contributed by atoms with van der Waals surface area (Å²) in [5.74, 6) is -0.679. The third-order valence-electron chi connectivity index (χ3n) is 3.66. The van der Waals surface area contributed by atoms with Gasteiger partial charge in [-0.3, -0.25) is 0 Å². The summed E-state index contributed by atoms with van der Waals surface area (Å²) in [5, 5.41) is 6.28. The fourth-order valence-electron chi connectivity index (χ4n) is 2.41. The number of halogens is 5. The third-order valence-corrected chi connectivity index (χ3v) is 3.98. The predicted molar refractivity (Wildman–Crippen MR) is 85.1 cm³/mol. The van der Waals surface area contributed by atoms with E-state index in [0.29, 0.717) is 0 Å². The van der Waals surface area contributed by atoms with Crippen LogP contribution >= 0.6 is 11.6 Å². The van der Waals surface area contributed by atoms with E-state index in [4.69, 9.17) is 11.6 Å². The molecule has 0 bridgehead atoms. The Balaban J connectivity index is 2.31. The lowest BCUT2D eigenvalue weighted by Crippen LogP contribution is -2.34. The summed E-state index contributed by atoms with van der Waals surface area (Å²) in [4.78, 5) is 8.05. The van der Waals surface area contributed by atoms with Crippen LogP contribution in [0.1, 0.15) is 12.6 Å². The summed E-state index contributed by atoms with van der Waals surface area (Å²) in [6.45, 7) is 2.49. The van der Waals surface area contributed by atoms with Crippen LogP contribution in [-0.4, -0.2) is 31.8 Å². The first-order chi connectivity index (χ1) is 11.7. The Morgan fingerprint density at radius 1 is 1.24 bits per heavy atom. The molecule has 1 N–H and O–H groups in total. The lowest BCUT2D eigenvalue weighted by atomic mass is 10.0. The summed E-state index contributed by atoms with van der Waals surface area (Å²) in [6.07, 6.45) is -3.36. The van der Waals surface area contributed by atoms with Crippen molar-refractivity contribution in [1.82, 2.24) is 19.6 Å². The second-order valence-electron chi connectivity index (χ2n) is 5.40. The van der Waals surface area contributed by atoms with E-state index in [1.165, 1.54) is 25.1 Å². The van der Waals surface area contributed by atoms with Crippen LogP contribution in [0.5, 0.6) is 0 Å². The molecule has 5 nitrogen and oxygen atoms in total. The van der Waals surface area contributed by atoms with Crippen LogP contribution < -0.4 is 5.32 Å². The molecule has 0 aliphatic rings. The smallest absolute Gasteiger partial charge is 0.358 e. The van der Waals surface area contributed by atoms with Gasteiger partial charge in [0, 0.05) is 5.56 Å². The Morgan fingerprint density at radius 3 is 2.60 bits per heavy atom. The van der Waals surface area contributed by atoms with Crippen molar-refractivity contribution in [2.45, 2.75) is 26.1 Å². The highest BCUT2D eigenvalue weighted by atomic mass is 35.5. The molecule has 1 atom stereocenters. The molecule has 2 aromatic heterocycles. The van der Waals surface area contributed by atoms with Crippen LogP contribution in [0.2, 0.25) is 5.02 Å². The molecular formula is C15H12ClF4N5. The lowest BCUT2D eigenvalue weighted by Gasteiger charge is -2.22. The average Bonchev–Trinajstić information content (AvgIpc) is 2.96. The number of aryl methyl sites for hydroxylation is 1. The number of aromatic nitrogens is 4. The van der Waals surface area contributed by atoms with E-state index < -0.39 is 18.0 Å². The first-order valence-electron chi connectivity index (χ1n) is 7.18. The molecule has 0 radical (unpaired) electrons. The number of nitrogens with one attached hydrogen (secondary N) is 1. The number of benzene rings is 1. The molecule has 10 heteroatoms. The number of nitrogens with zero attached hydrogens (tertiary/aromatic N) is 4. The number of hydrogen-bond acceptors (Lipinski definition) is 4. The SMILES string of the molecule is Cc1nc2ncnn2c(NC(C)C(F)(F)F)c1-c1c(F)cccc1Cl. The van der Waals surface area contributed by atoms with Crippen LogP contribution in [0.4, 0.5) is 23.4 Å². The largest absolute Gasteiger partial charge is 0.408 e. The molecule has 0 aliphatic carbocycles. The van der Waals surface area contributed by atoms with E-state index in [1.807, 2.05) is 0 Å². The van der Waals surface area contributed by atoms with Crippen molar-refractivity contribution < 1.29 is 17.6 Å². The summed E-state index contributed by atoms with van der Waals surface area (Å²) >= 11 is 6.10. The quantitative estimate of drug-likeness (QED) is 0.697. The molecule has 3 rings (SSSR count). The maximum absolute atomic E-state index is 14.4. The minimum Gasteiger partial charge on any atom is -0.358 e. The van der Waals surface area contributed by atoms with Gasteiger partial charge in [0.25, 0.3) is 5.78 Å². The number of hydrogen-bond donors (Lipinski definition) is 1. The van der Waals surface area contributed by atoms with Crippen molar-refractivity contribution in [1.29, 1.82) is 0 Å². The zero-order chi connectivity index (χ0) is 18.4. The van der Waals surface area contributed by atoms with Gasteiger partial charge in [0.2, 0.25) is 0 Å². The molecule has 0 saturated heterocycles. The normalized spacial score (nSPS) is 13.2. The highest BCUT2D eigenvalue weighted by molar-refractivity contribution is 6.33. The van der Waals surface area contributed by atoms with Gasteiger partial charge in [0.15, 0.2) is 0 Å². The predicted octanol–water partition coefficient (Wildman–Crippen LogP) is 4.25. The molecule has 0 fully saturated rings. The Kier molecular flexibility index (Phi) is 4.28. The van der Waals surface area contributed by atoms with Crippen LogP contribution in [0.15, 0.2) is 24.5 Å². The van der Waals surface area contributed by atoms with E-state index in [0.717, 1.165) is 17.8 Å². The first-order valence-corrected chi connectivity index (χ1v) is 7.56. The van der Waals surface area contributed by atoms with Crippen molar-refractivity contribution in [3.8, 4) is 11.1 Å². The van der Waals surface area contributed by atoms with Crippen molar-refractivity contribution >= 4 is 23.2 Å². The monoisotopic (exact) mass is 373 g/mol. The summed E-state index contributed by atoms with van der Waals surface area (Å²) < 4.78 is 54.6. The Bertz CT molecular complexity index is 917. The highest BCUT2D eigenvalue weighted by Crippen LogP contribution is 2.38. The molecule has 3 aromatic rings. The number of rotatable bonds is 3. The molecule has 1 aromatic carbocycles. The average molecular weight is 374 g/mol. The van der Waals surface area contributed by atoms with Gasteiger partial charge in [-0.25, -0.2) is 9.37 Å². The second kappa shape index (κ2) is 6.14. The number of fused-ring (bicyclic) bond motifs is 1. The highest BCUT2D eigenvalue weighted by Gasteiger charge is 2.37. The maximum atomic E-state index is 14.4. The molecule has 0 spiro atoms. The van der Waals surface area contributed by atoms with Crippen LogP contribution in [0.25, 0.3) is 16.9 Å². The Hall–Kier alpha value is -2.42. The summed E-state index contributed by atoms with van der Waals surface area (Å²) in [6, 6.07) is 2.11. The van der Waals surface area contributed by atoms with Crippen molar-refractivity contribution in [2.75, 3.05) is 5.32 Å². The second-order valence-corrected chi connectivity index (χ2v) is 5.80. The molecule has 0 amide bonds. The van der Waals surface area contributed by atoms with Crippen molar-refractivity contribution in [3.63, 3.8) is 0 Å². The van der Waals surface area contributed by atoms with Crippen LogP contribution in [0, 0.1) is 12.7 Å². The van der Waals surface area contributed by atoms with Gasteiger partial charge in [0.05, 0.1) is 16.3 Å². The standard InChI is InChI=1S/C15H12ClF4N5/c1-7-11(12-9(16)4-3-5-10(12)17)13(24-8(2)15(18,19)20)25-14(23-7)21-6-22-25/h3-6,8,24H,1-2H3.